The van der Waals surface area contributed by atoms with E-state index in [4.69, 9.17) is 9.47 Å². The number of carbonyl (C=O) groups is 2. The second kappa shape index (κ2) is 5.64. The second-order valence-corrected chi connectivity index (χ2v) is 4.03. The Hall–Kier alpha value is -1.88. The summed E-state index contributed by atoms with van der Waals surface area (Å²) in [6.45, 7) is 1.18. The molecule has 0 spiro atoms. The van der Waals surface area contributed by atoms with Crippen molar-refractivity contribution < 1.29 is 19.1 Å². The maximum atomic E-state index is 11.5. The Labute approximate surface area is 105 Å². The fraction of sp³-hybridized carbons (Fsp3) is 0.385. The molecule has 1 aliphatic rings. The molecule has 0 radical (unpaired) electrons. The van der Waals surface area contributed by atoms with Crippen LogP contribution >= 0.6 is 0 Å². The minimum atomic E-state index is -0.145. The SMILES string of the molecule is COCCOc1ccc(N2CC(=O)CC2=O)cc1. The van der Waals surface area contributed by atoms with E-state index in [-0.39, 0.29) is 24.7 Å². The van der Waals surface area contributed by atoms with Gasteiger partial charge in [-0.2, -0.15) is 0 Å². The molecule has 2 rings (SSSR count). The van der Waals surface area contributed by atoms with Crippen molar-refractivity contribution in [1.82, 2.24) is 0 Å². The van der Waals surface area contributed by atoms with Gasteiger partial charge in [0.15, 0.2) is 5.78 Å². The first-order chi connectivity index (χ1) is 8.70. The van der Waals surface area contributed by atoms with Crippen molar-refractivity contribution in [2.24, 2.45) is 0 Å². The number of hydrogen-bond acceptors (Lipinski definition) is 4. The van der Waals surface area contributed by atoms with E-state index in [9.17, 15) is 9.59 Å². The van der Waals surface area contributed by atoms with Gasteiger partial charge in [-0.05, 0) is 24.3 Å². The molecule has 1 aromatic carbocycles. The van der Waals surface area contributed by atoms with Crippen LogP contribution in [0.25, 0.3) is 0 Å². The molecule has 5 nitrogen and oxygen atoms in total. The molecule has 0 atom stereocenters. The molecular weight excluding hydrogens is 234 g/mol. The summed E-state index contributed by atoms with van der Waals surface area (Å²) >= 11 is 0. The molecule has 0 N–H and O–H groups in total. The molecule has 0 unspecified atom stereocenters. The number of benzene rings is 1. The molecule has 1 amide bonds. The number of amides is 1. The molecule has 1 aliphatic heterocycles. The smallest absolute Gasteiger partial charge is 0.234 e. The predicted molar refractivity (Wildman–Crippen MR) is 65.8 cm³/mol. The molecule has 1 fully saturated rings. The highest BCUT2D eigenvalue weighted by atomic mass is 16.5. The maximum Gasteiger partial charge on any atom is 0.234 e. The Bertz CT molecular complexity index is 441. The van der Waals surface area contributed by atoms with Crippen molar-refractivity contribution in [3.63, 3.8) is 0 Å². The Balaban J connectivity index is 1.99. The van der Waals surface area contributed by atoms with Crippen LogP contribution in [0.3, 0.4) is 0 Å². The molecule has 0 saturated carbocycles. The zero-order chi connectivity index (χ0) is 13.0. The van der Waals surface area contributed by atoms with Gasteiger partial charge < -0.3 is 14.4 Å². The summed E-state index contributed by atoms with van der Waals surface area (Å²) in [6, 6.07) is 7.11. The summed E-state index contributed by atoms with van der Waals surface area (Å²) in [7, 11) is 1.61. The van der Waals surface area contributed by atoms with Gasteiger partial charge in [-0.15, -0.1) is 0 Å². The largest absolute Gasteiger partial charge is 0.491 e. The van der Waals surface area contributed by atoms with Gasteiger partial charge in [0.2, 0.25) is 5.91 Å². The van der Waals surface area contributed by atoms with Crippen LogP contribution < -0.4 is 9.64 Å². The van der Waals surface area contributed by atoms with E-state index in [1.807, 2.05) is 0 Å². The topological polar surface area (TPSA) is 55.8 Å². The lowest BCUT2D eigenvalue weighted by Gasteiger charge is -2.15. The molecule has 0 bridgehead atoms. The lowest BCUT2D eigenvalue weighted by molar-refractivity contribution is -0.121. The lowest BCUT2D eigenvalue weighted by Crippen LogP contribution is -2.24. The molecule has 18 heavy (non-hydrogen) atoms. The third-order valence-electron chi connectivity index (χ3n) is 2.69. The number of ketones is 1. The number of Topliss-reactive ketones (excluding diaryl/α,β-unsaturated/α-hetero) is 1. The summed E-state index contributed by atoms with van der Waals surface area (Å²) in [4.78, 5) is 24.2. The van der Waals surface area contributed by atoms with Crippen molar-refractivity contribution in [3.05, 3.63) is 24.3 Å². The average Bonchev–Trinajstić information content (AvgIpc) is 2.70. The van der Waals surface area contributed by atoms with Crippen LogP contribution in [0, 0.1) is 0 Å². The maximum absolute atomic E-state index is 11.5. The first-order valence-corrected chi connectivity index (χ1v) is 5.74. The van der Waals surface area contributed by atoms with Crippen LogP contribution in [0.15, 0.2) is 24.3 Å². The monoisotopic (exact) mass is 249 g/mol. The summed E-state index contributed by atoms with van der Waals surface area (Å²) in [6.07, 6.45) is 0.00604. The number of anilines is 1. The zero-order valence-corrected chi connectivity index (χ0v) is 10.2. The first-order valence-electron chi connectivity index (χ1n) is 5.74. The number of nitrogens with zero attached hydrogens (tertiary/aromatic N) is 1. The van der Waals surface area contributed by atoms with Crippen LogP contribution in [-0.2, 0) is 14.3 Å². The van der Waals surface area contributed by atoms with Gasteiger partial charge in [-0.3, -0.25) is 9.59 Å². The number of carbonyl (C=O) groups excluding carboxylic acids is 2. The molecule has 96 valence electrons. The van der Waals surface area contributed by atoms with E-state index in [0.29, 0.717) is 19.0 Å². The van der Waals surface area contributed by atoms with Crippen LogP contribution in [-0.4, -0.2) is 38.6 Å². The van der Waals surface area contributed by atoms with Gasteiger partial charge in [0.1, 0.15) is 12.4 Å². The van der Waals surface area contributed by atoms with E-state index in [0.717, 1.165) is 5.69 Å². The van der Waals surface area contributed by atoms with Gasteiger partial charge in [0, 0.05) is 12.8 Å². The lowest BCUT2D eigenvalue weighted by atomic mass is 10.3. The highest BCUT2D eigenvalue weighted by molar-refractivity contribution is 6.15. The molecule has 0 aromatic heterocycles. The predicted octanol–water partition coefficient (Wildman–Crippen LogP) is 1.02. The van der Waals surface area contributed by atoms with Crippen molar-refractivity contribution in [3.8, 4) is 5.75 Å². The van der Waals surface area contributed by atoms with Gasteiger partial charge in [0.05, 0.1) is 19.6 Å². The average molecular weight is 249 g/mol. The van der Waals surface area contributed by atoms with Gasteiger partial charge in [-0.1, -0.05) is 0 Å². The number of ether oxygens (including phenoxy) is 2. The molecule has 1 aromatic rings. The molecule has 1 heterocycles. The number of rotatable bonds is 5. The van der Waals surface area contributed by atoms with Gasteiger partial charge in [0.25, 0.3) is 0 Å². The van der Waals surface area contributed by atoms with Crippen LogP contribution in [0.5, 0.6) is 5.75 Å². The second-order valence-electron chi connectivity index (χ2n) is 4.03. The van der Waals surface area contributed by atoms with Crippen molar-refractivity contribution in [2.45, 2.75) is 6.42 Å². The quantitative estimate of drug-likeness (QED) is 0.577. The Morgan fingerprint density at radius 2 is 1.89 bits per heavy atom. The Morgan fingerprint density at radius 1 is 1.17 bits per heavy atom. The van der Waals surface area contributed by atoms with Crippen molar-refractivity contribution in [1.29, 1.82) is 0 Å². The summed E-state index contributed by atoms with van der Waals surface area (Å²) in [5.41, 5.74) is 0.727. The van der Waals surface area contributed by atoms with Crippen molar-refractivity contribution in [2.75, 3.05) is 31.8 Å². The van der Waals surface area contributed by atoms with Gasteiger partial charge >= 0.3 is 0 Å². The zero-order valence-electron chi connectivity index (χ0n) is 10.2. The molecular formula is C13H15NO4. The highest BCUT2D eigenvalue weighted by Gasteiger charge is 2.28. The van der Waals surface area contributed by atoms with Crippen LogP contribution in [0.4, 0.5) is 5.69 Å². The van der Waals surface area contributed by atoms with E-state index >= 15 is 0 Å². The molecule has 1 saturated heterocycles. The Kier molecular flexibility index (Phi) is 3.94. The fourth-order valence-electron chi connectivity index (χ4n) is 1.78. The first kappa shape index (κ1) is 12.6. The summed E-state index contributed by atoms with van der Waals surface area (Å²) in [5, 5.41) is 0. The van der Waals surface area contributed by atoms with Crippen molar-refractivity contribution >= 4 is 17.4 Å². The van der Waals surface area contributed by atoms with E-state index < -0.39 is 0 Å². The third kappa shape index (κ3) is 2.87. The highest BCUT2D eigenvalue weighted by Crippen LogP contribution is 2.22. The summed E-state index contributed by atoms with van der Waals surface area (Å²) in [5.74, 6) is 0.530. The number of hydrogen-bond donors (Lipinski definition) is 0. The van der Waals surface area contributed by atoms with Crippen LogP contribution in [0.1, 0.15) is 6.42 Å². The third-order valence-corrected chi connectivity index (χ3v) is 2.69. The van der Waals surface area contributed by atoms with Crippen LogP contribution in [0.2, 0.25) is 0 Å². The Morgan fingerprint density at radius 3 is 2.44 bits per heavy atom. The molecule has 5 heteroatoms. The van der Waals surface area contributed by atoms with E-state index in [1.54, 1.807) is 31.4 Å². The fourth-order valence-corrected chi connectivity index (χ4v) is 1.78. The van der Waals surface area contributed by atoms with E-state index in [1.165, 1.54) is 4.90 Å². The van der Waals surface area contributed by atoms with E-state index in [2.05, 4.69) is 0 Å². The van der Waals surface area contributed by atoms with Gasteiger partial charge in [-0.25, -0.2) is 0 Å². The minimum Gasteiger partial charge on any atom is -0.491 e. The number of methoxy groups -OCH3 is 1. The standard InChI is InChI=1S/C13H15NO4/c1-17-6-7-18-12-4-2-10(3-5-12)14-9-11(15)8-13(14)16/h2-5H,6-9H2,1H3. The summed E-state index contributed by atoms with van der Waals surface area (Å²) < 4.78 is 10.3. The minimum absolute atomic E-state index is 0.00604. The normalized spacial score (nSPS) is 15.3. The molecule has 0 aliphatic carbocycles.